The Kier molecular flexibility index (Phi) is 4.73. The number of hydroxylamine groups is 2. The number of methoxy groups -OCH3 is 1. The zero-order valence-corrected chi connectivity index (χ0v) is 12.8. The summed E-state index contributed by atoms with van der Waals surface area (Å²) >= 11 is 0. The number of nitrogens with zero attached hydrogens (tertiary/aromatic N) is 1. The second-order valence-electron chi connectivity index (χ2n) is 5.45. The second kappa shape index (κ2) is 6.75. The number of hydrogen-bond donors (Lipinski definition) is 0. The summed E-state index contributed by atoms with van der Waals surface area (Å²) in [5, 5.41) is 1.43. The van der Waals surface area contributed by atoms with Crippen LogP contribution in [0.25, 0.3) is 0 Å². The van der Waals surface area contributed by atoms with E-state index in [2.05, 4.69) is 12.1 Å². The third kappa shape index (κ3) is 3.01. The smallest absolute Gasteiger partial charge is 0.337 e. The molecule has 0 radical (unpaired) electrons. The zero-order valence-electron chi connectivity index (χ0n) is 12.8. The van der Waals surface area contributed by atoms with Gasteiger partial charge in [-0.05, 0) is 12.5 Å². The van der Waals surface area contributed by atoms with Crippen molar-refractivity contribution >= 4 is 5.97 Å². The summed E-state index contributed by atoms with van der Waals surface area (Å²) in [6.07, 6.45) is 0.283. The molecule has 4 atom stereocenters. The highest BCUT2D eigenvalue weighted by Crippen LogP contribution is 2.41. The standard InChI is InChI=1S/C16H21NO5/c1-3-20-15-9-12(11-7-5-4-6-8-11)13-10-14(16(18)19-2)21-17(13)22-15/h4-8,12-15H,3,9-10H2,1-2H3/t12-,13-,14-,15+/m1/s1. The predicted molar refractivity (Wildman–Crippen MR) is 77.4 cm³/mol. The van der Waals surface area contributed by atoms with E-state index in [0.717, 1.165) is 6.42 Å². The fourth-order valence-corrected chi connectivity index (χ4v) is 3.10. The minimum absolute atomic E-state index is 0.0248. The Labute approximate surface area is 129 Å². The topological polar surface area (TPSA) is 57.2 Å². The van der Waals surface area contributed by atoms with Gasteiger partial charge in [0, 0.05) is 25.4 Å². The van der Waals surface area contributed by atoms with Crippen LogP contribution in [0.5, 0.6) is 0 Å². The molecule has 6 heteroatoms. The van der Waals surface area contributed by atoms with Crippen molar-refractivity contribution in [3.63, 3.8) is 0 Å². The first-order valence-corrected chi connectivity index (χ1v) is 7.60. The number of carbonyl (C=O) groups is 1. The molecule has 22 heavy (non-hydrogen) atoms. The van der Waals surface area contributed by atoms with Crippen LogP contribution in [0.3, 0.4) is 0 Å². The van der Waals surface area contributed by atoms with E-state index in [1.807, 2.05) is 25.1 Å². The molecular formula is C16H21NO5. The van der Waals surface area contributed by atoms with Gasteiger partial charge in [-0.3, -0.25) is 4.84 Å². The van der Waals surface area contributed by atoms with E-state index in [-0.39, 0.29) is 24.2 Å². The van der Waals surface area contributed by atoms with E-state index in [9.17, 15) is 4.79 Å². The van der Waals surface area contributed by atoms with Crippen molar-refractivity contribution in [3.8, 4) is 0 Å². The minimum Gasteiger partial charge on any atom is -0.467 e. The summed E-state index contributed by atoms with van der Waals surface area (Å²) in [7, 11) is 1.36. The summed E-state index contributed by atoms with van der Waals surface area (Å²) in [6, 6.07) is 10.2. The molecule has 0 unspecified atom stereocenters. The molecule has 2 aliphatic heterocycles. The maximum atomic E-state index is 11.7. The summed E-state index contributed by atoms with van der Waals surface area (Å²) in [6.45, 7) is 2.49. The van der Waals surface area contributed by atoms with Gasteiger partial charge in [-0.25, -0.2) is 9.63 Å². The van der Waals surface area contributed by atoms with Crippen LogP contribution in [0.1, 0.15) is 31.2 Å². The SMILES string of the molecule is CCO[C@@H]1C[C@H](c2ccccc2)[C@H]2C[C@H](C(=O)OC)ON2O1. The van der Waals surface area contributed by atoms with Crippen molar-refractivity contribution in [3.05, 3.63) is 35.9 Å². The van der Waals surface area contributed by atoms with E-state index in [4.69, 9.17) is 19.1 Å². The first kappa shape index (κ1) is 15.4. The Morgan fingerprint density at radius 2 is 2.05 bits per heavy atom. The maximum absolute atomic E-state index is 11.7. The van der Waals surface area contributed by atoms with Gasteiger partial charge in [0.05, 0.1) is 13.2 Å². The molecule has 0 aliphatic carbocycles. The highest BCUT2D eigenvalue weighted by atomic mass is 17.0. The average Bonchev–Trinajstić information content (AvgIpc) is 2.98. The monoisotopic (exact) mass is 307 g/mol. The number of rotatable bonds is 4. The number of ether oxygens (including phenoxy) is 2. The predicted octanol–water partition coefficient (Wildman–Crippen LogP) is 2.02. The van der Waals surface area contributed by atoms with Crippen LogP contribution in [-0.4, -0.2) is 43.3 Å². The Morgan fingerprint density at radius 3 is 2.73 bits per heavy atom. The molecule has 3 rings (SSSR count). The van der Waals surface area contributed by atoms with Crippen molar-refractivity contribution in [2.45, 2.75) is 44.1 Å². The van der Waals surface area contributed by atoms with Crippen molar-refractivity contribution in [1.29, 1.82) is 0 Å². The lowest BCUT2D eigenvalue weighted by Crippen LogP contribution is -2.44. The lowest BCUT2D eigenvalue weighted by atomic mass is 9.85. The van der Waals surface area contributed by atoms with Crippen molar-refractivity contribution in [2.24, 2.45) is 0 Å². The van der Waals surface area contributed by atoms with Crippen LogP contribution in [0.2, 0.25) is 0 Å². The molecule has 0 aromatic heterocycles. The van der Waals surface area contributed by atoms with Gasteiger partial charge in [0.25, 0.3) is 0 Å². The van der Waals surface area contributed by atoms with Crippen LogP contribution >= 0.6 is 0 Å². The van der Waals surface area contributed by atoms with Crippen LogP contribution in [0.15, 0.2) is 30.3 Å². The van der Waals surface area contributed by atoms with Crippen LogP contribution in [0.4, 0.5) is 0 Å². The Balaban J connectivity index is 1.82. The fraction of sp³-hybridized carbons (Fsp3) is 0.562. The molecule has 0 bridgehead atoms. The van der Waals surface area contributed by atoms with Crippen molar-refractivity contribution in [2.75, 3.05) is 13.7 Å². The van der Waals surface area contributed by atoms with Gasteiger partial charge in [-0.1, -0.05) is 35.6 Å². The van der Waals surface area contributed by atoms with E-state index in [1.165, 1.54) is 17.9 Å². The summed E-state index contributed by atoms with van der Waals surface area (Å²) < 4.78 is 10.4. The summed E-state index contributed by atoms with van der Waals surface area (Å²) in [5.74, 6) is -0.195. The molecule has 1 aromatic rings. The highest BCUT2D eigenvalue weighted by Gasteiger charge is 2.48. The molecule has 1 aromatic carbocycles. The van der Waals surface area contributed by atoms with Gasteiger partial charge in [0.2, 0.25) is 0 Å². The molecule has 0 saturated carbocycles. The van der Waals surface area contributed by atoms with Gasteiger partial charge in [0.1, 0.15) is 0 Å². The lowest BCUT2D eigenvalue weighted by molar-refractivity contribution is -0.435. The van der Waals surface area contributed by atoms with E-state index in [1.54, 1.807) is 0 Å². The normalized spacial score (nSPS) is 31.7. The quantitative estimate of drug-likeness (QED) is 0.793. The Bertz CT molecular complexity index is 509. The van der Waals surface area contributed by atoms with Gasteiger partial charge in [-0.2, -0.15) is 0 Å². The first-order chi connectivity index (χ1) is 10.7. The van der Waals surface area contributed by atoms with Gasteiger partial charge in [-0.15, -0.1) is 0 Å². The molecule has 120 valence electrons. The lowest BCUT2D eigenvalue weighted by Gasteiger charge is -2.38. The van der Waals surface area contributed by atoms with E-state index >= 15 is 0 Å². The molecule has 2 aliphatic rings. The zero-order chi connectivity index (χ0) is 15.5. The number of esters is 1. The number of fused-ring (bicyclic) bond motifs is 1. The number of carbonyl (C=O) groups excluding carboxylic acids is 1. The number of hydrogen-bond acceptors (Lipinski definition) is 6. The Hall–Kier alpha value is -1.47. The summed E-state index contributed by atoms with van der Waals surface area (Å²) in [4.78, 5) is 23.1. The minimum atomic E-state index is -0.624. The van der Waals surface area contributed by atoms with Crippen molar-refractivity contribution < 1.29 is 23.9 Å². The maximum Gasteiger partial charge on any atom is 0.337 e. The van der Waals surface area contributed by atoms with Crippen LogP contribution < -0.4 is 0 Å². The Morgan fingerprint density at radius 1 is 1.27 bits per heavy atom. The fourth-order valence-electron chi connectivity index (χ4n) is 3.10. The van der Waals surface area contributed by atoms with Crippen molar-refractivity contribution in [1.82, 2.24) is 5.23 Å². The highest BCUT2D eigenvalue weighted by molar-refractivity contribution is 5.74. The molecule has 0 amide bonds. The van der Waals surface area contributed by atoms with E-state index in [0.29, 0.717) is 13.0 Å². The summed E-state index contributed by atoms with van der Waals surface area (Å²) in [5.41, 5.74) is 1.19. The third-order valence-electron chi connectivity index (χ3n) is 4.13. The molecule has 2 saturated heterocycles. The molecule has 0 spiro atoms. The molecular weight excluding hydrogens is 286 g/mol. The number of benzene rings is 1. The second-order valence-corrected chi connectivity index (χ2v) is 5.45. The van der Waals surface area contributed by atoms with Gasteiger partial charge >= 0.3 is 5.97 Å². The molecule has 6 nitrogen and oxygen atoms in total. The molecule has 2 fully saturated rings. The van der Waals surface area contributed by atoms with E-state index < -0.39 is 6.10 Å². The van der Waals surface area contributed by atoms with Gasteiger partial charge in [0.15, 0.2) is 12.4 Å². The van der Waals surface area contributed by atoms with Crippen LogP contribution in [0, 0.1) is 0 Å². The average molecular weight is 307 g/mol. The first-order valence-electron chi connectivity index (χ1n) is 7.60. The largest absolute Gasteiger partial charge is 0.467 e. The molecule has 2 heterocycles. The third-order valence-corrected chi connectivity index (χ3v) is 4.13. The van der Waals surface area contributed by atoms with Crippen LogP contribution in [-0.2, 0) is 23.9 Å². The molecule has 0 N–H and O–H groups in total. The van der Waals surface area contributed by atoms with Gasteiger partial charge < -0.3 is 9.47 Å².